The average Bonchev–Trinajstić information content (AvgIpc) is 2.49. The van der Waals surface area contributed by atoms with Gasteiger partial charge in [-0.2, -0.15) is 0 Å². The van der Waals surface area contributed by atoms with Crippen molar-refractivity contribution in [1.29, 1.82) is 0 Å². The zero-order valence-electron chi connectivity index (χ0n) is 11.4. The minimum absolute atomic E-state index is 0.00602. The highest BCUT2D eigenvalue weighted by molar-refractivity contribution is 7.93. The van der Waals surface area contributed by atoms with E-state index < -0.39 is 10.0 Å². The molecule has 0 spiro atoms. The minimum Gasteiger partial charge on any atom is -0.267 e. The summed E-state index contributed by atoms with van der Waals surface area (Å²) in [7, 11) is -3.79. The first-order valence-electron chi connectivity index (χ1n) is 6.33. The molecule has 0 bridgehead atoms. The van der Waals surface area contributed by atoms with Crippen LogP contribution in [0, 0.1) is 0 Å². The number of para-hydroxylation sites is 1. The van der Waals surface area contributed by atoms with Gasteiger partial charge in [0.05, 0.1) is 16.3 Å². The third-order valence-corrected chi connectivity index (χ3v) is 4.87. The van der Waals surface area contributed by atoms with Crippen LogP contribution in [-0.4, -0.2) is 15.0 Å². The maximum absolute atomic E-state index is 12.8. The van der Waals surface area contributed by atoms with E-state index in [0.29, 0.717) is 5.69 Å². The number of benzene rings is 2. The second-order valence-electron chi connectivity index (χ2n) is 4.16. The number of hydrogen-bond donors (Lipinski definition) is 0. The van der Waals surface area contributed by atoms with Crippen molar-refractivity contribution < 1.29 is 8.42 Å². The van der Waals surface area contributed by atoms with Gasteiger partial charge in [-0.1, -0.05) is 41.5 Å². The lowest BCUT2D eigenvalue weighted by Gasteiger charge is -2.23. The Morgan fingerprint density at radius 2 is 1.71 bits per heavy atom. The van der Waals surface area contributed by atoms with Gasteiger partial charge in [0.15, 0.2) is 0 Å². The van der Waals surface area contributed by atoms with Gasteiger partial charge in [-0.25, -0.2) is 8.42 Å². The first-order chi connectivity index (χ1) is 10.1. The molecule has 0 amide bonds. The van der Waals surface area contributed by atoms with Gasteiger partial charge in [0.1, 0.15) is 0 Å². The molecular formula is C14H14N4O2S. The summed E-state index contributed by atoms with van der Waals surface area (Å²) >= 11 is 0. The lowest BCUT2D eigenvalue weighted by atomic mass is 10.3. The molecular weight excluding hydrogens is 288 g/mol. The molecule has 0 heterocycles. The van der Waals surface area contributed by atoms with E-state index in [1.807, 2.05) is 6.07 Å². The van der Waals surface area contributed by atoms with Crippen LogP contribution in [0.1, 0.15) is 6.92 Å². The van der Waals surface area contributed by atoms with Crippen molar-refractivity contribution in [2.24, 2.45) is 5.11 Å². The highest BCUT2D eigenvalue weighted by atomic mass is 32.2. The van der Waals surface area contributed by atoms with Crippen LogP contribution in [0.25, 0.3) is 10.4 Å². The number of hydrogen-bond acceptors (Lipinski definition) is 3. The van der Waals surface area contributed by atoms with Gasteiger partial charge in [-0.05, 0) is 30.7 Å². The molecule has 108 valence electrons. The van der Waals surface area contributed by atoms with Crippen LogP contribution < -0.4 is 4.31 Å². The summed E-state index contributed by atoms with van der Waals surface area (Å²) in [5.74, 6) is 0. The van der Waals surface area contributed by atoms with E-state index in [4.69, 9.17) is 5.53 Å². The molecule has 0 aromatic heterocycles. The largest absolute Gasteiger partial charge is 0.267 e. The van der Waals surface area contributed by atoms with Gasteiger partial charge in [-0.15, -0.1) is 0 Å². The van der Waals surface area contributed by atoms with Crippen LogP contribution in [0.2, 0.25) is 0 Å². The van der Waals surface area contributed by atoms with E-state index in [0.717, 1.165) is 0 Å². The maximum atomic E-state index is 12.8. The van der Waals surface area contributed by atoms with Gasteiger partial charge in [0, 0.05) is 11.5 Å². The summed E-state index contributed by atoms with van der Waals surface area (Å²) in [4.78, 5) is 2.67. The van der Waals surface area contributed by atoms with E-state index in [-0.39, 0.29) is 17.1 Å². The van der Waals surface area contributed by atoms with Crippen LogP contribution >= 0.6 is 0 Å². The number of azide groups is 1. The summed E-state index contributed by atoms with van der Waals surface area (Å²) in [5, 5.41) is 3.46. The molecule has 0 saturated carbocycles. The number of sulfonamides is 1. The zero-order chi connectivity index (χ0) is 15.3. The monoisotopic (exact) mass is 302 g/mol. The van der Waals surface area contributed by atoms with Crippen molar-refractivity contribution in [2.75, 3.05) is 10.8 Å². The van der Waals surface area contributed by atoms with Crippen molar-refractivity contribution >= 4 is 21.4 Å². The molecule has 0 aliphatic carbocycles. The van der Waals surface area contributed by atoms with Crippen molar-refractivity contribution in [2.45, 2.75) is 11.8 Å². The first kappa shape index (κ1) is 14.9. The van der Waals surface area contributed by atoms with E-state index in [2.05, 4.69) is 10.0 Å². The maximum Gasteiger partial charge on any atom is 0.264 e. The molecule has 0 saturated heterocycles. The van der Waals surface area contributed by atoms with E-state index >= 15 is 0 Å². The Bertz CT molecular complexity index is 769. The van der Waals surface area contributed by atoms with Crippen molar-refractivity contribution in [3.8, 4) is 0 Å². The molecule has 2 aromatic rings. The predicted molar refractivity (Wildman–Crippen MR) is 81.9 cm³/mol. The molecule has 21 heavy (non-hydrogen) atoms. The van der Waals surface area contributed by atoms with Gasteiger partial charge in [-0.3, -0.25) is 4.31 Å². The fourth-order valence-electron chi connectivity index (χ4n) is 2.01. The van der Waals surface area contributed by atoms with Crippen LogP contribution in [0.4, 0.5) is 11.4 Å². The molecule has 6 nitrogen and oxygen atoms in total. The summed E-state index contributed by atoms with van der Waals surface area (Å²) in [6.07, 6.45) is 0. The highest BCUT2D eigenvalue weighted by Crippen LogP contribution is 2.29. The van der Waals surface area contributed by atoms with Crippen LogP contribution in [0.3, 0.4) is 0 Å². The number of rotatable bonds is 5. The summed E-state index contributed by atoms with van der Waals surface area (Å²) < 4.78 is 26.9. The fraction of sp³-hybridized carbons (Fsp3) is 0.143. The predicted octanol–water partition coefficient (Wildman–Crippen LogP) is 3.84. The molecule has 2 rings (SSSR count). The standard InChI is InChI=1S/C14H14N4O2S/c1-2-18(12-8-4-3-5-9-12)21(19,20)14-11-7-6-10-13(14)16-17-15/h3-11H,2H2,1H3. The third-order valence-electron chi connectivity index (χ3n) is 2.92. The Morgan fingerprint density at radius 1 is 1.10 bits per heavy atom. The molecule has 0 atom stereocenters. The van der Waals surface area contributed by atoms with Gasteiger partial charge < -0.3 is 0 Å². The second kappa shape index (κ2) is 6.30. The normalized spacial score (nSPS) is 10.7. The van der Waals surface area contributed by atoms with Crippen LogP contribution in [-0.2, 0) is 10.0 Å². The Balaban J connectivity index is 2.58. The summed E-state index contributed by atoms with van der Waals surface area (Å²) in [5.41, 5.74) is 9.23. The van der Waals surface area contributed by atoms with E-state index in [9.17, 15) is 8.42 Å². The van der Waals surface area contributed by atoms with Crippen molar-refractivity contribution in [3.05, 3.63) is 65.0 Å². The quantitative estimate of drug-likeness (QED) is 0.477. The molecule has 0 radical (unpaired) electrons. The molecule has 2 aromatic carbocycles. The molecule has 0 aliphatic heterocycles. The zero-order valence-corrected chi connectivity index (χ0v) is 12.2. The van der Waals surface area contributed by atoms with Crippen molar-refractivity contribution in [3.63, 3.8) is 0 Å². The Hall–Kier alpha value is -2.50. The molecule has 7 heteroatoms. The van der Waals surface area contributed by atoms with Crippen LogP contribution in [0.15, 0.2) is 64.6 Å². The SMILES string of the molecule is CCN(c1ccccc1)S(=O)(=O)c1ccccc1N=[N+]=[N-]. The fourth-order valence-corrected chi connectivity index (χ4v) is 3.61. The Labute approximate surface area is 123 Å². The minimum atomic E-state index is -3.79. The van der Waals surface area contributed by atoms with Gasteiger partial charge >= 0.3 is 0 Å². The van der Waals surface area contributed by atoms with Gasteiger partial charge in [0.25, 0.3) is 10.0 Å². The molecule has 0 unspecified atom stereocenters. The van der Waals surface area contributed by atoms with E-state index in [1.165, 1.54) is 16.4 Å². The molecule has 0 N–H and O–H groups in total. The lowest BCUT2D eigenvalue weighted by Crippen LogP contribution is -2.30. The Morgan fingerprint density at radius 3 is 2.33 bits per heavy atom. The van der Waals surface area contributed by atoms with Crippen molar-refractivity contribution in [1.82, 2.24) is 0 Å². The highest BCUT2D eigenvalue weighted by Gasteiger charge is 2.25. The van der Waals surface area contributed by atoms with E-state index in [1.54, 1.807) is 43.3 Å². The third kappa shape index (κ3) is 2.99. The smallest absolute Gasteiger partial charge is 0.264 e. The van der Waals surface area contributed by atoms with Gasteiger partial charge in [0.2, 0.25) is 0 Å². The summed E-state index contributed by atoms with van der Waals surface area (Å²) in [6.45, 7) is 2.03. The van der Waals surface area contributed by atoms with Crippen LogP contribution in [0.5, 0.6) is 0 Å². The summed E-state index contributed by atoms with van der Waals surface area (Å²) in [6, 6.07) is 14.9. The topological polar surface area (TPSA) is 86.1 Å². The number of nitrogens with zero attached hydrogens (tertiary/aromatic N) is 4. The second-order valence-corrected chi connectivity index (χ2v) is 5.99. The first-order valence-corrected chi connectivity index (χ1v) is 7.77. The Kier molecular flexibility index (Phi) is 4.47. The lowest BCUT2D eigenvalue weighted by molar-refractivity contribution is 0.592. The molecule has 0 fully saturated rings. The number of anilines is 1. The average molecular weight is 302 g/mol. The molecule has 0 aliphatic rings.